The van der Waals surface area contributed by atoms with Crippen molar-refractivity contribution in [2.75, 3.05) is 6.54 Å². The van der Waals surface area contributed by atoms with Gasteiger partial charge < -0.3 is 15.8 Å². The number of benzene rings is 1. The lowest BCUT2D eigenvalue weighted by Gasteiger charge is -2.26. The molecule has 1 saturated carbocycles. The number of hydrogen-bond acceptors (Lipinski definition) is 3. The summed E-state index contributed by atoms with van der Waals surface area (Å²) in [4.78, 5) is 12.0. The maximum Gasteiger partial charge on any atom is 0.573 e. The van der Waals surface area contributed by atoms with Crippen LogP contribution in [0.25, 0.3) is 0 Å². The standard InChI is InChI=1S/C15H19F3N2O2/c16-15(17,18)22-13-6-4-11(5-7-13)14(21)20-9-10-2-1-3-12(19)8-10/h4-7,10,12H,1-3,8-9,19H2,(H,20,21). The van der Waals surface area contributed by atoms with Crippen LogP contribution < -0.4 is 15.8 Å². The van der Waals surface area contributed by atoms with Crippen LogP contribution in [0.15, 0.2) is 24.3 Å². The molecule has 2 unspecified atom stereocenters. The van der Waals surface area contributed by atoms with Gasteiger partial charge in [-0.25, -0.2) is 0 Å². The predicted octanol–water partition coefficient (Wildman–Crippen LogP) is 2.83. The molecule has 0 aliphatic heterocycles. The minimum absolute atomic E-state index is 0.189. The van der Waals surface area contributed by atoms with Crippen molar-refractivity contribution >= 4 is 5.91 Å². The molecule has 0 saturated heterocycles. The Hall–Kier alpha value is -1.76. The largest absolute Gasteiger partial charge is 0.573 e. The van der Waals surface area contributed by atoms with Crippen molar-refractivity contribution in [2.45, 2.75) is 38.1 Å². The molecule has 7 heteroatoms. The molecule has 1 amide bonds. The van der Waals surface area contributed by atoms with Crippen LogP contribution in [0.5, 0.6) is 5.75 Å². The number of carbonyl (C=O) groups excluding carboxylic acids is 1. The van der Waals surface area contributed by atoms with E-state index < -0.39 is 6.36 Å². The van der Waals surface area contributed by atoms with Crippen molar-refractivity contribution in [1.82, 2.24) is 5.32 Å². The molecular formula is C15H19F3N2O2. The van der Waals surface area contributed by atoms with Crippen molar-refractivity contribution in [3.05, 3.63) is 29.8 Å². The van der Waals surface area contributed by atoms with E-state index in [1.54, 1.807) is 0 Å². The number of nitrogens with two attached hydrogens (primary N) is 1. The van der Waals surface area contributed by atoms with Gasteiger partial charge in [0.2, 0.25) is 0 Å². The first-order valence-electron chi connectivity index (χ1n) is 7.23. The van der Waals surface area contributed by atoms with Crippen molar-refractivity contribution < 1.29 is 22.7 Å². The number of carbonyl (C=O) groups is 1. The highest BCUT2D eigenvalue weighted by Gasteiger charge is 2.31. The molecule has 1 fully saturated rings. The molecule has 2 rings (SSSR count). The summed E-state index contributed by atoms with van der Waals surface area (Å²) in [5.41, 5.74) is 6.19. The third-order valence-electron chi connectivity index (χ3n) is 3.72. The summed E-state index contributed by atoms with van der Waals surface area (Å²) in [7, 11) is 0. The first-order chi connectivity index (χ1) is 10.3. The van der Waals surface area contributed by atoms with E-state index in [4.69, 9.17) is 5.73 Å². The Morgan fingerprint density at radius 1 is 1.27 bits per heavy atom. The van der Waals surface area contributed by atoms with E-state index in [-0.39, 0.29) is 17.7 Å². The zero-order valence-corrected chi connectivity index (χ0v) is 12.0. The van der Waals surface area contributed by atoms with Crippen LogP contribution in [-0.4, -0.2) is 24.9 Å². The number of amides is 1. The summed E-state index contributed by atoms with van der Waals surface area (Å²) in [5.74, 6) is -0.291. The molecular weight excluding hydrogens is 297 g/mol. The lowest BCUT2D eigenvalue weighted by molar-refractivity contribution is -0.274. The number of ether oxygens (including phenoxy) is 1. The van der Waals surface area contributed by atoms with Crippen LogP contribution in [-0.2, 0) is 0 Å². The summed E-state index contributed by atoms with van der Waals surface area (Å²) in [6, 6.07) is 5.05. The summed E-state index contributed by atoms with van der Waals surface area (Å²) >= 11 is 0. The van der Waals surface area contributed by atoms with Crippen molar-refractivity contribution in [2.24, 2.45) is 11.7 Å². The fourth-order valence-corrected chi connectivity index (χ4v) is 2.67. The fourth-order valence-electron chi connectivity index (χ4n) is 2.67. The number of alkyl halides is 3. The first-order valence-corrected chi connectivity index (χ1v) is 7.23. The van der Waals surface area contributed by atoms with Crippen LogP contribution in [0, 0.1) is 5.92 Å². The quantitative estimate of drug-likeness (QED) is 0.898. The van der Waals surface area contributed by atoms with Crippen molar-refractivity contribution in [3.63, 3.8) is 0 Å². The second-order valence-corrected chi connectivity index (χ2v) is 5.57. The van der Waals surface area contributed by atoms with E-state index in [2.05, 4.69) is 10.1 Å². The SMILES string of the molecule is NC1CCCC(CNC(=O)c2ccc(OC(F)(F)F)cc2)C1. The van der Waals surface area contributed by atoms with E-state index >= 15 is 0 Å². The van der Waals surface area contributed by atoms with E-state index in [0.717, 1.165) is 37.8 Å². The minimum Gasteiger partial charge on any atom is -0.406 e. The molecule has 0 bridgehead atoms. The lowest BCUT2D eigenvalue weighted by atomic mass is 9.86. The van der Waals surface area contributed by atoms with Gasteiger partial charge in [0.05, 0.1) is 0 Å². The molecule has 22 heavy (non-hydrogen) atoms. The smallest absolute Gasteiger partial charge is 0.406 e. The van der Waals surface area contributed by atoms with Crippen LogP contribution in [0.3, 0.4) is 0 Å². The van der Waals surface area contributed by atoms with Gasteiger partial charge in [-0.2, -0.15) is 0 Å². The second kappa shape index (κ2) is 7.00. The Morgan fingerprint density at radius 3 is 2.55 bits per heavy atom. The van der Waals surface area contributed by atoms with E-state index in [1.807, 2.05) is 0 Å². The third kappa shape index (κ3) is 5.22. The molecule has 1 aliphatic rings. The van der Waals surface area contributed by atoms with Crippen molar-refractivity contribution in [1.29, 1.82) is 0 Å². The molecule has 0 radical (unpaired) electrons. The molecule has 1 aromatic carbocycles. The lowest BCUT2D eigenvalue weighted by Crippen LogP contribution is -2.35. The summed E-state index contributed by atoms with van der Waals surface area (Å²) in [6.45, 7) is 0.535. The predicted molar refractivity (Wildman–Crippen MR) is 75.4 cm³/mol. The molecule has 0 spiro atoms. The molecule has 1 aromatic rings. The summed E-state index contributed by atoms with van der Waals surface area (Å²) < 4.78 is 39.9. The van der Waals surface area contributed by atoms with Crippen LogP contribution in [0.2, 0.25) is 0 Å². The van der Waals surface area contributed by atoms with Gasteiger partial charge >= 0.3 is 6.36 Å². The van der Waals surface area contributed by atoms with Gasteiger partial charge in [-0.1, -0.05) is 6.42 Å². The molecule has 2 atom stereocenters. The zero-order chi connectivity index (χ0) is 16.2. The minimum atomic E-state index is -4.73. The highest BCUT2D eigenvalue weighted by molar-refractivity contribution is 5.94. The van der Waals surface area contributed by atoms with Gasteiger partial charge in [0, 0.05) is 18.2 Å². The second-order valence-electron chi connectivity index (χ2n) is 5.57. The topological polar surface area (TPSA) is 64.3 Å². The van der Waals surface area contributed by atoms with Crippen LogP contribution in [0.4, 0.5) is 13.2 Å². The Morgan fingerprint density at radius 2 is 1.95 bits per heavy atom. The number of hydrogen-bond donors (Lipinski definition) is 2. The maximum absolute atomic E-state index is 12.0. The molecule has 1 aliphatic carbocycles. The first kappa shape index (κ1) is 16.6. The Bertz CT molecular complexity index is 503. The highest BCUT2D eigenvalue weighted by Crippen LogP contribution is 2.24. The monoisotopic (exact) mass is 316 g/mol. The Kier molecular flexibility index (Phi) is 5.28. The summed E-state index contributed by atoms with van der Waals surface area (Å²) in [6.07, 6.45) is -0.731. The number of rotatable bonds is 4. The normalized spacial score (nSPS) is 22.2. The van der Waals surface area contributed by atoms with Gasteiger partial charge in [-0.15, -0.1) is 13.2 Å². The van der Waals surface area contributed by atoms with Gasteiger partial charge in [-0.05, 0) is 49.4 Å². The van der Waals surface area contributed by atoms with E-state index in [9.17, 15) is 18.0 Å². The average Bonchev–Trinajstić information content (AvgIpc) is 2.44. The molecule has 122 valence electrons. The molecule has 3 N–H and O–H groups in total. The number of nitrogens with one attached hydrogen (secondary N) is 1. The van der Waals surface area contributed by atoms with Gasteiger partial charge in [0.1, 0.15) is 5.75 Å². The average molecular weight is 316 g/mol. The maximum atomic E-state index is 12.0. The van der Waals surface area contributed by atoms with Gasteiger partial charge in [0.15, 0.2) is 0 Å². The third-order valence-corrected chi connectivity index (χ3v) is 3.72. The van der Waals surface area contributed by atoms with Gasteiger partial charge in [0.25, 0.3) is 5.91 Å². The summed E-state index contributed by atoms with van der Waals surface area (Å²) in [5, 5.41) is 2.80. The van der Waals surface area contributed by atoms with Crippen molar-refractivity contribution in [3.8, 4) is 5.75 Å². The van der Waals surface area contributed by atoms with Gasteiger partial charge in [-0.3, -0.25) is 4.79 Å². The molecule has 4 nitrogen and oxygen atoms in total. The van der Waals surface area contributed by atoms with E-state index in [0.29, 0.717) is 18.0 Å². The van der Waals surface area contributed by atoms with E-state index in [1.165, 1.54) is 12.1 Å². The molecule has 0 heterocycles. The fraction of sp³-hybridized carbons (Fsp3) is 0.533. The Labute approximate surface area is 126 Å². The van der Waals surface area contributed by atoms with Crippen LogP contribution >= 0.6 is 0 Å². The number of halogens is 3. The molecule has 0 aromatic heterocycles. The highest BCUT2D eigenvalue weighted by atomic mass is 19.4. The van der Waals surface area contributed by atoms with Crippen LogP contribution in [0.1, 0.15) is 36.0 Å². The zero-order valence-electron chi connectivity index (χ0n) is 12.0. The Balaban J connectivity index is 1.84.